The van der Waals surface area contributed by atoms with Gasteiger partial charge in [-0.25, -0.2) is 0 Å². The third kappa shape index (κ3) is 4.32. The predicted octanol–water partition coefficient (Wildman–Crippen LogP) is 3.54. The zero-order valence-corrected chi connectivity index (χ0v) is 13.3. The molecule has 2 N–H and O–H groups in total. The Kier molecular flexibility index (Phi) is 6.02. The third-order valence-electron chi connectivity index (χ3n) is 3.72. The number of ether oxygens (including phenoxy) is 1. The van der Waals surface area contributed by atoms with Crippen molar-refractivity contribution in [2.75, 3.05) is 6.61 Å². The molecule has 1 aromatic rings. The van der Waals surface area contributed by atoms with Gasteiger partial charge in [-0.2, -0.15) is 0 Å². The average molecular weight is 263 g/mol. The van der Waals surface area contributed by atoms with Gasteiger partial charge in [0.25, 0.3) is 0 Å². The Morgan fingerprint density at radius 1 is 1.11 bits per heavy atom. The summed E-state index contributed by atoms with van der Waals surface area (Å²) in [5, 5.41) is 0. The molecule has 0 aromatic heterocycles. The summed E-state index contributed by atoms with van der Waals surface area (Å²) in [5.74, 6) is 0.445. The maximum atomic E-state index is 6.39. The van der Waals surface area contributed by atoms with Crippen molar-refractivity contribution in [3.05, 3.63) is 34.4 Å². The predicted molar refractivity (Wildman–Crippen MR) is 82.6 cm³/mol. The summed E-state index contributed by atoms with van der Waals surface area (Å²) in [6.07, 6.45) is 1.02. The first kappa shape index (κ1) is 16.2. The summed E-state index contributed by atoms with van der Waals surface area (Å²) in [6.45, 7) is 13.6. The molecule has 0 heterocycles. The Morgan fingerprint density at radius 2 is 1.63 bits per heavy atom. The highest BCUT2D eigenvalue weighted by atomic mass is 16.5. The standard InChI is InChI=1S/C17H29NO/c1-7-19-17(11(2)3)16(18)10-15-13(5)8-12(4)9-14(15)6/h8-9,11,16-17H,7,10,18H2,1-6H3. The zero-order valence-electron chi connectivity index (χ0n) is 13.3. The van der Waals surface area contributed by atoms with E-state index in [1.165, 1.54) is 22.3 Å². The molecule has 1 rings (SSSR count). The molecule has 0 saturated heterocycles. The molecule has 1 aromatic carbocycles. The Labute approximate surface area is 118 Å². The Bertz CT molecular complexity index is 389. The monoisotopic (exact) mass is 263 g/mol. The highest BCUT2D eigenvalue weighted by molar-refractivity contribution is 5.38. The maximum Gasteiger partial charge on any atom is 0.0751 e. The summed E-state index contributed by atoms with van der Waals surface area (Å²) in [4.78, 5) is 0. The van der Waals surface area contributed by atoms with E-state index in [9.17, 15) is 0 Å². The van der Waals surface area contributed by atoms with E-state index in [0.717, 1.165) is 13.0 Å². The number of nitrogens with two attached hydrogens (primary N) is 1. The third-order valence-corrected chi connectivity index (χ3v) is 3.72. The smallest absolute Gasteiger partial charge is 0.0751 e. The van der Waals surface area contributed by atoms with E-state index in [4.69, 9.17) is 10.5 Å². The van der Waals surface area contributed by atoms with Crippen LogP contribution >= 0.6 is 0 Å². The Hall–Kier alpha value is -0.860. The molecule has 2 unspecified atom stereocenters. The molecule has 0 radical (unpaired) electrons. The normalized spacial score (nSPS) is 14.7. The van der Waals surface area contributed by atoms with E-state index in [1.807, 2.05) is 6.92 Å². The zero-order chi connectivity index (χ0) is 14.6. The van der Waals surface area contributed by atoms with Crippen molar-refractivity contribution < 1.29 is 4.74 Å². The molecule has 0 bridgehead atoms. The van der Waals surface area contributed by atoms with Crippen molar-refractivity contribution >= 4 is 0 Å². The van der Waals surface area contributed by atoms with Crippen molar-refractivity contribution in [1.82, 2.24) is 0 Å². The molecule has 19 heavy (non-hydrogen) atoms. The highest BCUT2D eigenvalue weighted by Crippen LogP contribution is 2.21. The molecular formula is C17H29NO. The van der Waals surface area contributed by atoms with Gasteiger partial charge in [0, 0.05) is 12.6 Å². The number of hydrogen-bond acceptors (Lipinski definition) is 2. The van der Waals surface area contributed by atoms with Gasteiger partial charge in [0.1, 0.15) is 0 Å². The second-order valence-corrected chi connectivity index (χ2v) is 5.91. The lowest BCUT2D eigenvalue weighted by atomic mass is 9.90. The molecule has 0 aliphatic carbocycles. The lowest BCUT2D eigenvalue weighted by Crippen LogP contribution is -2.42. The Morgan fingerprint density at radius 3 is 2.05 bits per heavy atom. The molecular weight excluding hydrogens is 234 g/mol. The van der Waals surface area contributed by atoms with E-state index in [2.05, 4.69) is 46.8 Å². The van der Waals surface area contributed by atoms with Crippen LogP contribution in [-0.4, -0.2) is 18.8 Å². The molecule has 0 fully saturated rings. The van der Waals surface area contributed by atoms with Crippen LogP contribution in [0.15, 0.2) is 12.1 Å². The maximum absolute atomic E-state index is 6.39. The molecule has 2 atom stereocenters. The minimum atomic E-state index is 0.0556. The molecule has 2 heteroatoms. The van der Waals surface area contributed by atoms with E-state index in [1.54, 1.807) is 0 Å². The van der Waals surface area contributed by atoms with E-state index >= 15 is 0 Å². The fourth-order valence-electron chi connectivity index (χ4n) is 2.89. The average Bonchev–Trinajstić information content (AvgIpc) is 2.29. The second kappa shape index (κ2) is 7.06. The minimum absolute atomic E-state index is 0.0556. The molecule has 0 amide bonds. The van der Waals surface area contributed by atoms with Crippen LogP contribution in [0.1, 0.15) is 43.0 Å². The van der Waals surface area contributed by atoms with Crippen LogP contribution in [-0.2, 0) is 11.2 Å². The first-order valence-corrected chi connectivity index (χ1v) is 7.30. The highest BCUT2D eigenvalue weighted by Gasteiger charge is 2.23. The van der Waals surface area contributed by atoms with Crippen molar-refractivity contribution in [2.24, 2.45) is 11.7 Å². The van der Waals surface area contributed by atoms with Gasteiger partial charge >= 0.3 is 0 Å². The lowest BCUT2D eigenvalue weighted by Gasteiger charge is -2.28. The molecule has 0 spiro atoms. The lowest BCUT2D eigenvalue weighted by molar-refractivity contribution is 0.0127. The molecule has 0 aliphatic rings. The van der Waals surface area contributed by atoms with Gasteiger partial charge in [0.05, 0.1) is 6.10 Å². The van der Waals surface area contributed by atoms with Gasteiger partial charge < -0.3 is 10.5 Å². The van der Waals surface area contributed by atoms with E-state index in [0.29, 0.717) is 5.92 Å². The van der Waals surface area contributed by atoms with Crippen LogP contribution in [0.5, 0.6) is 0 Å². The number of rotatable bonds is 6. The van der Waals surface area contributed by atoms with Crippen LogP contribution in [0, 0.1) is 26.7 Å². The number of hydrogen-bond donors (Lipinski definition) is 1. The van der Waals surface area contributed by atoms with Crippen LogP contribution in [0.2, 0.25) is 0 Å². The number of benzene rings is 1. The first-order chi connectivity index (χ1) is 8.86. The minimum Gasteiger partial charge on any atom is -0.377 e. The van der Waals surface area contributed by atoms with Crippen LogP contribution in [0.25, 0.3) is 0 Å². The van der Waals surface area contributed by atoms with Crippen LogP contribution in [0.3, 0.4) is 0 Å². The number of aryl methyl sites for hydroxylation is 3. The molecule has 0 saturated carbocycles. The molecule has 0 aliphatic heterocycles. The SMILES string of the molecule is CCOC(C(C)C)C(N)Cc1c(C)cc(C)cc1C. The quantitative estimate of drug-likeness (QED) is 0.852. The van der Waals surface area contributed by atoms with Gasteiger partial charge in [-0.1, -0.05) is 31.5 Å². The van der Waals surface area contributed by atoms with Gasteiger partial charge in [0.2, 0.25) is 0 Å². The van der Waals surface area contributed by atoms with Crippen molar-refractivity contribution in [2.45, 2.75) is 60.1 Å². The van der Waals surface area contributed by atoms with Crippen molar-refractivity contribution in [3.63, 3.8) is 0 Å². The van der Waals surface area contributed by atoms with E-state index < -0.39 is 0 Å². The summed E-state index contributed by atoms with van der Waals surface area (Å²) in [6, 6.07) is 4.53. The molecule has 108 valence electrons. The van der Waals surface area contributed by atoms with Crippen molar-refractivity contribution in [1.29, 1.82) is 0 Å². The van der Waals surface area contributed by atoms with Crippen LogP contribution < -0.4 is 5.73 Å². The summed E-state index contributed by atoms with van der Waals surface area (Å²) in [5.41, 5.74) is 11.8. The Balaban J connectivity index is 2.89. The second-order valence-electron chi connectivity index (χ2n) is 5.91. The summed E-state index contributed by atoms with van der Waals surface area (Å²) >= 11 is 0. The van der Waals surface area contributed by atoms with Gasteiger partial charge in [0.15, 0.2) is 0 Å². The summed E-state index contributed by atoms with van der Waals surface area (Å²) < 4.78 is 5.82. The summed E-state index contributed by atoms with van der Waals surface area (Å²) in [7, 11) is 0. The molecule has 2 nitrogen and oxygen atoms in total. The van der Waals surface area contributed by atoms with Crippen molar-refractivity contribution in [3.8, 4) is 0 Å². The first-order valence-electron chi connectivity index (χ1n) is 7.30. The fourth-order valence-corrected chi connectivity index (χ4v) is 2.89. The fraction of sp³-hybridized carbons (Fsp3) is 0.647. The topological polar surface area (TPSA) is 35.2 Å². The van der Waals surface area contributed by atoms with Crippen LogP contribution in [0.4, 0.5) is 0 Å². The van der Waals surface area contributed by atoms with Gasteiger partial charge in [-0.05, 0) is 56.7 Å². The van der Waals surface area contributed by atoms with Gasteiger partial charge in [-0.3, -0.25) is 0 Å². The largest absolute Gasteiger partial charge is 0.377 e. The van der Waals surface area contributed by atoms with E-state index in [-0.39, 0.29) is 12.1 Å². The van der Waals surface area contributed by atoms with Gasteiger partial charge in [-0.15, -0.1) is 0 Å².